The number of ether oxygens (including phenoxy) is 1. The van der Waals surface area contributed by atoms with Gasteiger partial charge in [-0.2, -0.15) is 8.78 Å². The van der Waals surface area contributed by atoms with Gasteiger partial charge in [-0.15, -0.1) is 18.3 Å². The maximum Gasteiger partial charge on any atom is 0.573 e. The van der Waals surface area contributed by atoms with Crippen molar-refractivity contribution in [1.29, 1.82) is 0 Å². The molecule has 5 rings (SSSR count). The van der Waals surface area contributed by atoms with Crippen LogP contribution in [0.4, 0.5) is 22.0 Å². The van der Waals surface area contributed by atoms with Crippen molar-refractivity contribution in [2.45, 2.75) is 31.0 Å². The summed E-state index contributed by atoms with van der Waals surface area (Å²) in [5, 5.41) is 8.18. The van der Waals surface area contributed by atoms with E-state index in [1.807, 2.05) is 0 Å². The van der Waals surface area contributed by atoms with E-state index in [1.165, 1.54) is 53.0 Å². The van der Waals surface area contributed by atoms with Crippen LogP contribution < -0.4 is 9.46 Å². The van der Waals surface area contributed by atoms with Crippen LogP contribution in [0.3, 0.4) is 0 Å². The fraction of sp³-hybridized carbons (Fsp3) is 0.179. The van der Waals surface area contributed by atoms with Gasteiger partial charge in [-0.1, -0.05) is 23.4 Å². The molecule has 9 nitrogen and oxygen atoms in total. The lowest BCUT2D eigenvalue weighted by atomic mass is 10.0. The number of nitrogens with one attached hydrogen (secondary N) is 1. The number of imidazole rings is 1. The minimum atomic E-state index is -4.86. The molecule has 2 heterocycles. The van der Waals surface area contributed by atoms with E-state index in [1.54, 1.807) is 37.3 Å². The van der Waals surface area contributed by atoms with Crippen molar-refractivity contribution >= 4 is 10.0 Å². The lowest BCUT2D eigenvalue weighted by Crippen LogP contribution is -2.18. The van der Waals surface area contributed by atoms with Crippen LogP contribution in [-0.2, 0) is 15.9 Å². The van der Waals surface area contributed by atoms with Crippen molar-refractivity contribution in [3.05, 3.63) is 90.6 Å². The summed E-state index contributed by atoms with van der Waals surface area (Å²) in [6, 6.07) is 16.3. The van der Waals surface area contributed by atoms with Crippen LogP contribution in [0.1, 0.15) is 18.4 Å². The third-order valence-electron chi connectivity index (χ3n) is 6.47. The number of benzene rings is 3. The second-order valence-electron chi connectivity index (χ2n) is 9.47. The molecule has 0 bridgehead atoms. The number of rotatable bonds is 8. The number of sulfonamides is 1. The molecule has 15 heteroatoms. The molecule has 2 aromatic heterocycles. The van der Waals surface area contributed by atoms with Crippen LogP contribution in [-0.4, -0.2) is 46.4 Å². The van der Waals surface area contributed by atoms with Gasteiger partial charge in [0.1, 0.15) is 17.3 Å². The molecule has 0 amide bonds. The average molecular weight is 619 g/mol. The van der Waals surface area contributed by atoms with Gasteiger partial charge in [0.15, 0.2) is 0 Å². The van der Waals surface area contributed by atoms with E-state index in [4.69, 9.17) is 0 Å². The van der Waals surface area contributed by atoms with Crippen molar-refractivity contribution in [1.82, 2.24) is 29.3 Å². The molecule has 224 valence electrons. The molecule has 0 saturated heterocycles. The summed E-state index contributed by atoms with van der Waals surface area (Å²) in [7, 11) is -2.45. The fourth-order valence-corrected chi connectivity index (χ4v) is 5.18. The van der Waals surface area contributed by atoms with Crippen LogP contribution in [0.5, 0.6) is 5.75 Å². The van der Waals surface area contributed by atoms with E-state index < -0.39 is 33.8 Å². The van der Waals surface area contributed by atoms with E-state index in [2.05, 4.69) is 24.8 Å². The van der Waals surface area contributed by atoms with Crippen molar-refractivity contribution in [2.75, 3.05) is 7.05 Å². The van der Waals surface area contributed by atoms with Gasteiger partial charge < -0.3 is 9.30 Å². The zero-order valence-corrected chi connectivity index (χ0v) is 23.6. The Morgan fingerprint density at radius 2 is 1.56 bits per heavy atom. The number of nitrogens with zero attached hydrogens (tertiary/aromatic N) is 5. The van der Waals surface area contributed by atoms with Crippen molar-refractivity contribution < 1.29 is 35.1 Å². The van der Waals surface area contributed by atoms with E-state index >= 15 is 0 Å². The van der Waals surface area contributed by atoms with Gasteiger partial charge in [0.05, 0.1) is 28.2 Å². The molecule has 5 aromatic rings. The van der Waals surface area contributed by atoms with Gasteiger partial charge in [0, 0.05) is 18.7 Å². The Morgan fingerprint density at radius 1 is 0.884 bits per heavy atom. The highest BCUT2D eigenvalue weighted by atomic mass is 32.2. The Bertz CT molecular complexity index is 1900. The highest BCUT2D eigenvalue weighted by Crippen LogP contribution is 2.34. The second kappa shape index (κ2) is 10.9. The quantitative estimate of drug-likeness (QED) is 0.214. The van der Waals surface area contributed by atoms with Gasteiger partial charge in [-0.3, -0.25) is 0 Å². The number of alkyl halides is 5. The predicted octanol–water partition coefficient (Wildman–Crippen LogP) is 6.01. The maximum absolute atomic E-state index is 14.2. The standard InChI is InChI=1S/C28H23F5N6O3S/c1-17-36-26(27(2,29)30)16-38(17)23-12-9-20(19-5-4-6-22(13-19)43(40,41)34-3)14-24(23)39-25(15-35-37-39)18-7-10-21(11-8-18)42-28(31,32)33/h4-16,34H,1-3H3. The predicted molar refractivity (Wildman–Crippen MR) is 147 cm³/mol. The summed E-state index contributed by atoms with van der Waals surface area (Å²) in [5.74, 6) is -3.38. The highest BCUT2D eigenvalue weighted by Gasteiger charge is 2.31. The van der Waals surface area contributed by atoms with E-state index in [0.717, 1.165) is 19.1 Å². The fourth-order valence-electron chi connectivity index (χ4n) is 4.40. The number of aryl methyl sites for hydroxylation is 1. The molecule has 0 atom stereocenters. The van der Waals surface area contributed by atoms with Gasteiger partial charge in [0.2, 0.25) is 10.0 Å². The summed E-state index contributed by atoms with van der Waals surface area (Å²) in [4.78, 5) is 4.05. The number of hydrogen-bond donors (Lipinski definition) is 1. The molecule has 0 aliphatic heterocycles. The lowest BCUT2D eigenvalue weighted by Gasteiger charge is -2.16. The Hall–Kier alpha value is -4.63. The Kier molecular flexibility index (Phi) is 7.56. The summed E-state index contributed by atoms with van der Waals surface area (Å²) in [6.45, 7) is 2.29. The topological polar surface area (TPSA) is 104 Å². The van der Waals surface area contributed by atoms with E-state index in [-0.39, 0.29) is 10.7 Å². The smallest absolute Gasteiger partial charge is 0.406 e. The summed E-state index contributed by atoms with van der Waals surface area (Å²) < 4.78 is 100. The van der Waals surface area contributed by atoms with Crippen LogP contribution in [0.25, 0.3) is 33.8 Å². The first-order chi connectivity index (χ1) is 20.2. The van der Waals surface area contributed by atoms with Crippen LogP contribution >= 0.6 is 0 Å². The van der Waals surface area contributed by atoms with E-state index in [0.29, 0.717) is 33.8 Å². The molecule has 43 heavy (non-hydrogen) atoms. The first-order valence-electron chi connectivity index (χ1n) is 12.6. The highest BCUT2D eigenvalue weighted by molar-refractivity contribution is 7.89. The molecule has 0 aliphatic rings. The zero-order valence-electron chi connectivity index (χ0n) is 22.8. The second-order valence-corrected chi connectivity index (χ2v) is 11.4. The monoisotopic (exact) mass is 618 g/mol. The Labute approximate surface area is 242 Å². The van der Waals surface area contributed by atoms with Crippen molar-refractivity contribution in [3.63, 3.8) is 0 Å². The van der Waals surface area contributed by atoms with Gasteiger partial charge in [0.25, 0.3) is 5.92 Å². The Balaban J connectivity index is 1.68. The van der Waals surface area contributed by atoms with Crippen LogP contribution in [0, 0.1) is 6.92 Å². The minimum absolute atomic E-state index is 0.0287. The Morgan fingerprint density at radius 3 is 2.19 bits per heavy atom. The molecule has 0 radical (unpaired) electrons. The van der Waals surface area contributed by atoms with Gasteiger partial charge in [-0.25, -0.2) is 22.8 Å². The lowest BCUT2D eigenvalue weighted by molar-refractivity contribution is -0.274. The molecule has 3 aromatic carbocycles. The minimum Gasteiger partial charge on any atom is -0.406 e. The zero-order chi connectivity index (χ0) is 31.2. The third kappa shape index (κ3) is 6.27. The third-order valence-corrected chi connectivity index (χ3v) is 7.89. The molecule has 0 spiro atoms. The molecule has 0 saturated carbocycles. The van der Waals surface area contributed by atoms with Gasteiger partial charge in [-0.05, 0) is 73.6 Å². The summed E-state index contributed by atoms with van der Waals surface area (Å²) in [5.41, 5.74) is 2.15. The molecular formula is C28H23F5N6O3S. The molecular weight excluding hydrogens is 595 g/mol. The molecule has 1 N–H and O–H groups in total. The molecule has 0 aliphatic carbocycles. The maximum atomic E-state index is 14.2. The molecule has 0 unspecified atom stereocenters. The largest absolute Gasteiger partial charge is 0.573 e. The van der Waals surface area contributed by atoms with Crippen molar-refractivity contribution in [2.24, 2.45) is 0 Å². The van der Waals surface area contributed by atoms with Gasteiger partial charge >= 0.3 is 6.36 Å². The normalized spacial score (nSPS) is 12.5. The first kappa shape index (κ1) is 29.8. The van der Waals surface area contributed by atoms with Crippen molar-refractivity contribution in [3.8, 4) is 39.5 Å². The summed E-state index contributed by atoms with van der Waals surface area (Å²) >= 11 is 0. The van der Waals surface area contributed by atoms with Crippen LogP contribution in [0.15, 0.2) is 84.0 Å². The van der Waals surface area contributed by atoms with Crippen LogP contribution in [0.2, 0.25) is 0 Å². The number of aromatic nitrogens is 5. The van der Waals surface area contributed by atoms with E-state index in [9.17, 15) is 30.4 Å². The number of halogens is 5. The molecule has 0 fully saturated rings. The number of hydrogen-bond acceptors (Lipinski definition) is 6. The average Bonchev–Trinajstić information content (AvgIpc) is 3.59. The first-order valence-corrected chi connectivity index (χ1v) is 14.0. The summed E-state index contributed by atoms with van der Waals surface area (Å²) in [6.07, 6.45) is -2.27. The SMILES string of the molecule is CNS(=O)(=O)c1cccc(-c2ccc(-n3cc(C(C)(F)F)nc3C)c(-n3nncc3-c3ccc(OC(F)(F)F)cc3)c2)c1.